The molecule has 0 amide bonds. The van der Waals surface area contributed by atoms with Gasteiger partial charge in [-0.1, -0.05) is 37.3 Å². The van der Waals surface area contributed by atoms with E-state index in [9.17, 15) is 19.5 Å². The molecule has 1 aromatic carbocycles. The lowest BCUT2D eigenvalue weighted by Crippen LogP contribution is -2.41. The zero-order chi connectivity index (χ0) is 19.8. The van der Waals surface area contributed by atoms with E-state index in [0.29, 0.717) is 29.1 Å². The minimum Gasteiger partial charge on any atom is -0.480 e. The van der Waals surface area contributed by atoms with Crippen LogP contribution in [-0.2, 0) is 37.1 Å². The molecule has 3 aromatic rings. The molecule has 1 atom stereocenters. The molecule has 0 saturated carbocycles. The van der Waals surface area contributed by atoms with Gasteiger partial charge in [-0.05, 0) is 42.7 Å². The summed E-state index contributed by atoms with van der Waals surface area (Å²) < 4.78 is 2.47. The Balaban J connectivity index is 1.90. The van der Waals surface area contributed by atoms with Crippen LogP contribution >= 0.6 is 11.3 Å². The van der Waals surface area contributed by atoms with Crippen LogP contribution < -0.4 is 11.2 Å². The maximum Gasteiger partial charge on any atom is 0.332 e. The molecule has 2 heterocycles. The van der Waals surface area contributed by atoms with Crippen molar-refractivity contribution in [1.29, 1.82) is 0 Å². The zero-order valence-corrected chi connectivity index (χ0v) is 16.5. The lowest BCUT2D eigenvalue weighted by molar-refractivity contribution is -0.137. The van der Waals surface area contributed by atoms with Crippen molar-refractivity contribution >= 4 is 27.5 Å². The number of aliphatic carboxylic acids is 1. The number of rotatable bonds is 5. The Labute approximate surface area is 165 Å². The molecule has 0 fully saturated rings. The molecular formula is C21H22N2O4S. The number of carbonyl (C=O) groups is 1. The Morgan fingerprint density at radius 3 is 2.68 bits per heavy atom. The maximum atomic E-state index is 13.0. The van der Waals surface area contributed by atoms with Gasteiger partial charge >= 0.3 is 11.7 Å². The monoisotopic (exact) mass is 398 g/mol. The Morgan fingerprint density at radius 2 is 1.96 bits per heavy atom. The lowest BCUT2D eigenvalue weighted by Gasteiger charge is -2.18. The van der Waals surface area contributed by atoms with Gasteiger partial charge in [0.25, 0.3) is 5.56 Å². The van der Waals surface area contributed by atoms with Gasteiger partial charge in [0.05, 0.1) is 5.39 Å². The first-order chi connectivity index (χ1) is 13.5. The number of nitrogens with zero attached hydrogens (tertiary/aromatic N) is 2. The Morgan fingerprint density at radius 1 is 1.21 bits per heavy atom. The van der Waals surface area contributed by atoms with Crippen molar-refractivity contribution in [2.45, 2.75) is 45.7 Å². The molecule has 1 aliphatic carbocycles. The summed E-state index contributed by atoms with van der Waals surface area (Å²) in [5, 5.41) is 9.75. The largest absolute Gasteiger partial charge is 0.480 e. The Kier molecular flexibility index (Phi) is 4.93. The fourth-order valence-electron chi connectivity index (χ4n) is 3.97. The van der Waals surface area contributed by atoms with E-state index in [2.05, 4.69) is 6.92 Å². The minimum atomic E-state index is -1.19. The molecule has 28 heavy (non-hydrogen) atoms. The van der Waals surface area contributed by atoms with Gasteiger partial charge in [-0.2, -0.15) is 0 Å². The van der Waals surface area contributed by atoms with Crippen molar-refractivity contribution in [1.82, 2.24) is 9.13 Å². The van der Waals surface area contributed by atoms with Crippen LogP contribution in [0.2, 0.25) is 0 Å². The number of benzene rings is 1. The molecule has 4 rings (SSSR count). The average Bonchev–Trinajstić information content (AvgIpc) is 3.04. The number of hydrogen-bond acceptors (Lipinski definition) is 4. The number of aromatic nitrogens is 2. The summed E-state index contributed by atoms with van der Waals surface area (Å²) in [6.45, 7) is 1.96. The molecule has 0 bridgehead atoms. The standard InChI is InChI=1S/C21H22N2O4S/c1-13-7-8-16-15(11-13)18-19(26)23(12-17(24)25)21(27)22(20(18)28-16)10-9-14-5-3-2-4-6-14/h2-6,13H,7-12H2,1H3,(H,24,25)/t13-/m1/s1. The van der Waals surface area contributed by atoms with Crippen LogP contribution in [0, 0.1) is 5.92 Å². The van der Waals surface area contributed by atoms with E-state index in [4.69, 9.17) is 0 Å². The van der Waals surface area contributed by atoms with Gasteiger partial charge in [0.2, 0.25) is 0 Å². The van der Waals surface area contributed by atoms with Crippen LogP contribution in [0.1, 0.15) is 29.3 Å². The molecule has 0 radical (unpaired) electrons. The fourth-order valence-corrected chi connectivity index (χ4v) is 5.32. The van der Waals surface area contributed by atoms with Crippen LogP contribution in [-0.4, -0.2) is 20.2 Å². The van der Waals surface area contributed by atoms with Crippen LogP contribution in [0.5, 0.6) is 0 Å². The highest BCUT2D eigenvalue weighted by atomic mass is 32.1. The number of carboxylic acids is 1. The molecule has 146 valence electrons. The molecule has 1 aliphatic rings. The second-order valence-electron chi connectivity index (χ2n) is 7.49. The van der Waals surface area contributed by atoms with Crippen molar-refractivity contribution < 1.29 is 9.90 Å². The summed E-state index contributed by atoms with van der Waals surface area (Å²) >= 11 is 1.52. The maximum absolute atomic E-state index is 13.0. The zero-order valence-electron chi connectivity index (χ0n) is 15.7. The predicted molar refractivity (Wildman–Crippen MR) is 109 cm³/mol. The first kappa shape index (κ1) is 18.7. The third-order valence-corrected chi connectivity index (χ3v) is 6.73. The summed E-state index contributed by atoms with van der Waals surface area (Å²) in [4.78, 5) is 39.2. The first-order valence-electron chi connectivity index (χ1n) is 9.49. The second-order valence-corrected chi connectivity index (χ2v) is 8.57. The minimum absolute atomic E-state index is 0.411. The second kappa shape index (κ2) is 7.39. The molecule has 0 saturated heterocycles. The van der Waals surface area contributed by atoms with Gasteiger partial charge in [-0.15, -0.1) is 11.3 Å². The molecule has 7 heteroatoms. The topological polar surface area (TPSA) is 81.3 Å². The lowest BCUT2D eigenvalue weighted by atomic mass is 9.89. The SMILES string of the molecule is C[C@@H]1CCc2sc3c(c2C1)c(=O)n(CC(=O)O)c(=O)n3CCc1ccccc1. The number of carboxylic acid groups (broad SMARTS) is 1. The van der Waals surface area contributed by atoms with Gasteiger partial charge in [0.15, 0.2) is 0 Å². The van der Waals surface area contributed by atoms with Crippen molar-refractivity contribution in [3.8, 4) is 0 Å². The van der Waals surface area contributed by atoms with E-state index in [1.165, 1.54) is 11.3 Å². The highest BCUT2D eigenvalue weighted by Crippen LogP contribution is 2.36. The van der Waals surface area contributed by atoms with Crippen LogP contribution in [0.15, 0.2) is 39.9 Å². The summed E-state index contributed by atoms with van der Waals surface area (Å²) in [5.41, 5.74) is 1.09. The fraction of sp³-hybridized carbons (Fsp3) is 0.381. The number of hydrogen-bond donors (Lipinski definition) is 1. The highest BCUT2D eigenvalue weighted by Gasteiger charge is 2.26. The molecule has 1 N–H and O–H groups in total. The Bertz CT molecular complexity index is 1160. The number of thiophene rings is 1. The van der Waals surface area contributed by atoms with E-state index in [1.807, 2.05) is 30.3 Å². The highest BCUT2D eigenvalue weighted by molar-refractivity contribution is 7.18. The van der Waals surface area contributed by atoms with E-state index >= 15 is 0 Å². The predicted octanol–water partition coefficient (Wildman–Crippen LogP) is 2.68. The van der Waals surface area contributed by atoms with E-state index in [1.54, 1.807) is 4.57 Å². The molecule has 0 aliphatic heterocycles. The van der Waals surface area contributed by atoms with E-state index in [0.717, 1.165) is 39.8 Å². The third-order valence-electron chi connectivity index (χ3n) is 5.42. The first-order valence-corrected chi connectivity index (χ1v) is 10.3. The average molecular weight is 398 g/mol. The molecule has 6 nitrogen and oxygen atoms in total. The summed E-state index contributed by atoms with van der Waals surface area (Å²) in [6.07, 6.45) is 3.41. The normalized spacial score (nSPS) is 16.2. The van der Waals surface area contributed by atoms with Gasteiger partial charge < -0.3 is 5.11 Å². The summed E-state index contributed by atoms with van der Waals surface area (Å²) in [5.74, 6) is -0.715. The summed E-state index contributed by atoms with van der Waals surface area (Å²) in [6, 6.07) is 9.83. The van der Waals surface area contributed by atoms with E-state index in [-0.39, 0.29) is 0 Å². The third kappa shape index (κ3) is 3.30. The van der Waals surface area contributed by atoms with Gasteiger partial charge in [0, 0.05) is 11.4 Å². The van der Waals surface area contributed by atoms with Crippen molar-refractivity contribution in [2.75, 3.05) is 0 Å². The molecule has 2 aromatic heterocycles. The van der Waals surface area contributed by atoms with Crippen LogP contribution in [0.25, 0.3) is 10.2 Å². The van der Waals surface area contributed by atoms with Crippen molar-refractivity contribution in [2.24, 2.45) is 5.92 Å². The Hall–Kier alpha value is -2.67. The van der Waals surface area contributed by atoms with E-state index < -0.39 is 23.8 Å². The molecule has 0 spiro atoms. The van der Waals surface area contributed by atoms with Gasteiger partial charge in [-0.3, -0.25) is 14.2 Å². The number of aryl methyl sites for hydroxylation is 3. The van der Waals surface area contributed by atoms with Gasteiger partial charge in [-0.25, -0.2) is 9.36 Å². The number of fused-ring (bicyclic) bond motifs is 3. The van der Waals surface area contributed by atoms with Crippen molar-refractivity contribution in [3.63, 3.8) is 0 Å². The quantitative estimate of drug-likeness (QED) is 0.716. The van der Waals surface area contributed by atoms with Gasteiger partial charge in [0.1, 0.15) is 11.4 Å². The smallest absolute Gasteiger partial charge is 0.332 e. The molecular weight excluding hydrogens is 376 g/mol. The van der Waals surface area contributed by atoms with Crippen molar-refractivity contribution in [3.05, 3.63) is 67.2 Å². The van der Waals surface area contributed by atoms with Crippen LogP contribution in [0.3, 0.4) is 0 Å². The molecule has 0 unspecified atom stereocenters. The summed E-state index contributed by atoms with van der Waals surface area (Å²) in [7, 11) is 0. The van der Waals surface area contributed by atoms with Crippen LogP contribution in [0.4, 0.5) is 0 Å².